The van der Waals surface area contributed by atoms with Gasteiger partial charge in [-0.15, -0.1) is 0 Å². The van der Waals surface area contributed by atoms with E-state index in [2.05, 4.69) is 5.32 Å². The zero-order chi connectivity index (χ0) is 14.2. The van der Waals surface area contributed by atoms with E-state index in [-0.39, 0.29) is 11.7 Å². The largest absolute Gasteiger partial charge is 0.338 e. The van der Waals surface area contributed by atoms with Crippen LogP contribution >= 0.6 is 0 Å². The van der Waals surface area contributed by atoms with Crippen LogP contribution in [0.2, 0.25) is 0 Å². The van der Waals surface area contributed by atoms with Crippen LogP contribution in [0.1, 0.15) is 35.2 Å². The van der Waals surface area contributed by atoms with Gasteiger partial charge in [0, 0.05) is 18.7 Å². The van der Waals surface area contributed by atoms with Crippen LogP contribution in [-0.4, -0.2) is 37.0 Å². The molecule has 1 amide bonds. The number of hydrogen-bond donors (Lipinski definition) is 1. The van der Waals surface area contributed by atoms with Crippen molar-refractivity contribution in [3.63, 3.8) is 0 Å². The summed E-state index contributed by atoms with van der Waals surface area (Å²) in [4.78, 5) is 14.5. The monoisotopic (exact) mass is 276 g/mol. The minimum absolute atomic E-state index is 0.0449. The molecule has 2 saturated heterocycles. The highest BCUT2D eigenvalue weighted by atomic mass is 19.1. The minimum atomic E-state index is -0.252. The van der Waals surface area contributed by atoms with Gasteiger partial charge in [0.25, 0.3) is 5.91 Å². The lowest BCUT2D eigenvalue weighted by Gasteiger charge is -2.33. The maximum Gasteiger partial charge on any atom is 0.253 e. The Morgan fingerprint density at radius 1 is 1.30 bits per heavy atom. The smallest absolute Gasteiger partial charge is 0.253 e. The summed E-state index contributed by atoms with van der Waals surface area (Å²) in [5.74, 6) is -0.207. The van der Waals surface area contributed by atoms with Crippen molar-refractivity contribution in [3.8, 4) is 0 Å². The van der Waals surface area contributed by atoms with Gasteiger partial charge in [-0.05, 0) is 68.5 Å². The first kappa shape index (κ1) is 13.6. The molecule has 2 aliphatic rings. The van der Waals surface area contributed by atoms with Gasteiger partial charge in [-0.3, -0.25) is 4.79 Å². The number of hydrogen-bond acceptors (Lipinski definition) is 2. The standard InChI is InChI=1S/C16H21FN2O/c1-12-10-13(2-3-14(12)17)15(20)19-9-6-16(11-19)4-7-18-8-5-16/h2-3,10,18H,4-9,11H2,1H3. The van der Waals surface area contributed by atoms with E-state index in [9.17, 15) is 9.18 Å². The highest BCUT2D eigenvalue weighted by molar-refractivity contribution is 5.94. The second-order valence-electron chi connectivity index (χ2n) is 6.19. The molecule has 0 saturated carbocycles. The normalized spacial score (nSPS) is 21.4. The molecule has 3 nitrogen and oxygen atoms in total. The SMILES string of the molecule is Cc1cc(C(=O)N2CCC3(CCNCC3)C2)ccc1F. The molecule has 1 spiro atoms. The summed E-state index contributed by atoms with van der Waals surface area (Å²) >= 11 is 0. The van der Waals surface area contributed by atoms with Gasteiger partial charge in [0.05, 0.1) is 0 Å². The predicted molar refractivity (Wildman–Crippen MR) is 76.2 cm³/mol. The maximum absolute atomic E-state index is 13.3. The fourth-order valence-electron chi connectivity index (χ4n) is 3.43. The predicted octanol–water partition coefficient (Wildman–Crippen LogP) is 2.35. The average molecular weight is 276 g/mol. The van der Waals surface area contributed by atoms with E-state index in [0.29, 0.717) is 16.5 Å². The number of amides is 1. The minimum Gasteiger partial charge on any atom is -0.338 e. The summed E-state index contributed by atoms with van der Waals surface area (Å²) < 4.78 is 13.3. The number of rotatable bonds is 1. The Morgan fingerprint density at radius 3 is 2.75 bits per heavy atom. The van der Waals surface area contributed by atoms with Gasteiger partial charge in [-0.25, -0.2) is 4.39 Å². The maximum atomic E-state index is 13.3. The lowest BCUT2D eigenvalue weighted by Crippen LogP contribution is -2.39. The number of nitrogens with zero attached hydrogens (tertiary/aromatic N) is 1. The van der Waals surface area contributed by atoms with Crippen LogP contribution in [0.15, 0.2) is 18.2 Å². The molecule has 20 heavy (non-hydrogen) atoms. The van der Waals surface area contributed by atoms with Crippen LogP contribution in [0.3, 0.4) is 0 Å². The van der Waals surface area contributed by atoms with Gasteiger partial charge in [0.15, 0.2) is 0 Å². The van der Waals surface area contributed by atoms with Crippen molar-refractivity contribution in [2.45, 2.75) is 26.2 Å². The lowest BCUT2D eigenvalue weighted by molar-refractivity contribution is 0.0761. The number of piperidine rings is 1. The molecule has 0 bridgehead atoms. The van der Waals surface area contributed by atoms with Crippen LogP contribution in [0, 0.1) is 18.2 Å². The van der Waals surface area contributed by atoms with Gasteiger partial charge in [0.1, 0.15) is 5.82 Å². The number of aryl methyl sites for hydroxylation is 1. The van der Waals surface area contributed by atoms with Crippen molar-refractivity contribution in [1.82, 2.24) is 10.2 Å². The number of benzene rings is 1. The molecule has 2 aliphatic heterocycles. The number of nitrogens with one attached hydrogen (secondary N) is 1. The van der Waals surface area contributed by atoms with Crippen molar-refractivity contribution in [3.05, 3.63) is 35.1 Å². The summed E-state index contributed by atoms with van der Waals surface area (Å²) in [7, 11) is 0. The summed E-state index contributed by atoms with van der Waals surface area (Å²) in [5, 5.41) is 3.38. The Kier molecular flexibility index (Phi) is 3.50. The van der Waals surface area contributed by atoms with Gasteiger partial charge in [-0.2, -0.15) is 0 Å². The highest BCUT2D eigenvalue weighted by Gasteiger charge is 2.40. The first-order valence-corrected chi connectivity index (χ1v) is 7.36. The molecule has 0 unspecified atom stereocenters. The zero-order valence-corrected chi connectivity index (χ0v) is 11.9. The van der Waals surface area contributed by atoms with Gasteiger partial charge in [-0.1, -0.05) is 0 Å². The fraction of sp³-hybridized carbons (Fsp3) is 0.562. The van der Waals surface area contributed by atoms with Crippen LogP contribution < -0.4 is 5.32 Å². The average Bonchev–Trinajstić information content (AvgIpc) is 2.85. The third-order valence-corrected chi connectivity index (χ3v) is 4.79. The Hall–Kier alpha value is -1.42. The van der Waals surface area contributed by atoms with Crippen LogP contribution in [0.4, 0.5) is 4.39 Å². The fourth-order valence-corrected chi connectivity index (χ4v) is 3.43. The van der Waals surface area contributed by atoms with Gasteiger partial charge in [0.2, 0.25) is 0 Å². The summed E-state index contributed by atoms with van der Waals surface area (Å²) in [6.45, 7) is 5.49. The molecule has 2 fully saturated rings. The molecule has 4 heteroatoms. The molecular formula is C16H21FN2O. The van der Waals surface area contributed by atoms with Crippen molar-refractivity contribution < 1.29 is 9.18 Å². The van der Waals surface area contributed by atoms with Crippen LogP contribution in [-0.2, 0) is 0 Å². The van der Waals surface area contributed by atoms with Crippen molar-refractivity contribution in [2.75, 3.05) is 26.2 Å². The number of carbonyl (C=O) groups excluding carboxylic acids is 1. The van der Waals surface area contributed by atoms with E-state index >= 15 is 0 Å². The van der Waals surface area contributed by atoms with Crippen molar-refractivity contribution >= 4 is 5.91 Å². The van der Waals surface area contributed by atoms with E-state index in [1.165, 1.54) is 6.07 Å². The Bertz CT molecular complexity index is 523. The molecule has 3 rings (SSSR count). The van der Waals surface area contributed by atoms with E-state index in [0.717, 1.165) is 45.4 Å². The third kappa shape index (κ3) is 2.44. The van der Waals surface area contributed by atoms with Gasteiger partial charge < -0.3 is 10.2 Å². The summed E-state index contributed by atoms with van der Waals surface area (Å²) in [6, 6.07) is 4.64. The molecule has 1 aromatic carbocycles. The number of likely N-dealkylation sites (tertiary alicyclic amines) is 1. The van der Waals surface area contributed by atoms with Crippen molar-refractivity contribution in [1.29, 1.82) is 0 Å². The van der Waals surface area contributed by atoms with Crippen LogP contribution in [0.25, 0.3) is 0 Å². The summed E-state index contributed by atoms with van der Waals surface area (Å²) in [6.07, 6.45) is 3.40. The molecule has 0 atom stereocenters. The van der Waals surface area contributed by atoms with E-state index < -0.39 is 0 Å². The first-order valence-electron chi connectivity index (χ1n) is 7.36. The van der Waals surface area contributed by atoms with Crippen LogP contribution in [0.5, 0.6) is 0 Å². The van der Waals surface area contributed by atoms with E-state index in [4.69, 9.17) is 0 Å². The molecule has 1 aromatic rings. The number of carbonyl (C=O) groups is 1. The molecule has 0 aromatic heterocycles. The Balaban J connectivity index is 1.73. The van der Waals surface area contributed by atoms with Gasteiger partial charge >= 0.3 is 0 Å². The summed E-state index contributed by atoms with van der Waals surface area (Å²) in [5.41, 5.74) is 1.46. The molecule has 108 valence electrons. The number of halogens is 1. The third-order valence-electron chi connectivity index (χ3n) is 4.79. The Labute approximate surface area is 119 Å². The lowest BCUT2D eigenvalue weighted by atomic mass is 9.78. The molecule has 0 aliphatic carbocycles. The molecule has 1 N–H and O–H groups in total. The highest BCUT2D eigenvalue weighted by Crippen LogP contribution is 2.39. The Morgan fingerprint density at radius 2 is 2.05 bits per heavy atom. The first-order chi connectivity index (χ1) is 9.60. The quantitative estimate of drug-likeness (QED) is 0.854. The van der Waals surface area contributed by atoms with E-state index in [1.807, 2.05) is 4.90 Å². The second kappa shape index (κ2) is 5.17. The second-order valence-corrected chi connectivity index (χ2v) is 6.19. The molecular weight excluding hydrogens is 255 g/mol. The van der Waals surface area contributed by atoms with Crippen molar-refractivity contribution in [2.24, 2.45) is 5.41 Å². The molecule has 0 radical (unpaired) electrons. The van der Waals surface area contributed by atoms with E-state index in [1.54, 1.807) is 19.1 Å². The zero-order valence-electron chi connectivity index (χ0n) is 11.9. The molecule has 2 heterocycles. The topological polar surface area (TPSA) is 32.3 Å².